The summed E-state index contributed by atoms with van der Waals surface area (Å²) in [5.41, 5.74) is 2.21. The number of carbonyl (C=O) groups is 3. The van der Waals surface area contributed by atoms with Gasteiger partial charge in [-0.2, -0.15) is 12.6 Å². The van der Waals surface area contributed by atoms with Crippen LogP contribution < -0.4 is 10.6 Å². The molecule has 2 fully saturated rings. The van der Waals surface area contributed by atoms with Gasteiger partial charge in [0.05, 0.1) is 0 Å². The number of aryl methyl sites for hydroxylation is 1. The summed E-state index contributed by atoms with van der Waals surface area (Å²) < 4.78 is 5.39. The number of ether oxygens (including phenoxy) is 1. The number of alkyl carbamates (subject to hydrolysis) is 1. The molecule has 2 aliphatic rings. The smallest absolute Gasteiger partial charge is 0.408 e. The SMILES string of the molecule is Cc1cccc(C(C(=O)NC2CCCCC2)N(C(=O)C(CS)NC(=O)OC(C)(C)C)C2CCC2)c1C. The average Bonchev–Trinajstić information content (AvgIpc) is 2.77. The van der Waals surface area contributed by atoms with Gasteiger partial charge in [0, 0.05) is 17.8 Å². The van der Waals surface area contributed by atoms with Crippen LogP contribution in [0.2, 0.25) is 0 Å². The summed E-state index contributed by atoms with van der Waals surface area (Å²) in [7, 11) is 0. The van der Waals surface area contributed by atoms with Crippen LogP contribution in [0.25, 0.3) is 0 Å². The minimum atomic E-state index is -0.904. The van der Waals surface area contributed by atoms with Crippen molar-refractivity contribution >= 4 is 30.5 Å². The van der Waals surface area contributed by atoms with Gasteiger partial charge in [-0.15, -0.1) is 0 Å². The van der Waals surface area contributed by atoms with Crippen LogP contribution in [-0.4, -0.2) is 52.3 Å². The summed E-state index contributed by atoms with van der Waals surface area (Å²) in [6.07, 6.45) is 7.31. The third-order valence-corrected chi connectivity index (χ3v) is 7.68. The molecule has 8 heteroatoms. The molecule has 0 heterocycles. The molecule has 3 amide bonds. The predicted octanol–water partition coefficient (Wildman–Crippen LogP) is 5.00. The predicted molar refractivity (Wildman–Crippen MR) is 145 cm³/mol. The number of amides is 3. The fraction of sp³-hybridized carbons (Fsp3) is 0.679. The van der Waals surface area contributed by atoms with Crippen LogP contribution in [-0.2, 0) is 14.3 Å². The van der Waals surface area contributed by atoms with Crippen LogP contribution in [0.3, 0.4) is 0 Å². The number of hydrogen-bond donors (Lipinski definition) is 3. The fourth-order valence-electron chi connectivity index (χ4n) is 5.01. The summed E-state index contributed by atoms with van der Waals surface area (Å²) in [5, 5.41) is 5.97. The molecule has 1 aromatic rings. The molecule has 36 heavy (non-hydrogen) atoms. The highest BCUT2D eigenvalue weighted by molar-refractivity contribution is 7.80. The van der Waals surface area contributed by atoms with Crippen LogP contribution in [0, 0.1) is 13.8 Å². The van der Waals surface area contributed by atoms with Gasteiger partial charge in [-0.05, 0) is 83.4 Å². The van der Waals surface area contributed by atoms with Crippen LogP contribution in [0.1, 0.15) is 94.9 Å². The Hall–Kier alpha value is -2.22. The van der Waals surface area contributed by atoms with Crippen molar-refractivity contribution in [2.45, 2.75) is 116 Å². The molecule has 200 valence electrons. The van der Waals surface area contributed by atoms with Gasteiger partial charge in [-0.25, -0.2) is 4.79 Å². The van der Waals surface area contributed by atoms with E-state index in [1.807, 2.05) is 32.0 Å². The van der Waals surface area contributed by atoms with E-state index in [-0.39, 0.29) is 29.7 Å². The van der Waals surface area contributed by atoms with Crippen molar-refractivity contribution in [2.75, 3.05) is 5.75 Å². The maximum atomic E-state index is 14.0. The van der Waals surface area contributed by atoms with Crippen molar-refractivity contribution in [3.63, 3.8) is 0 Å². The molecule has 7 nitrogen and oxygen atoms in total. The summed E-state index contributed by atoms with van der Waals surface area (Å²) in [6, 6.07) is 4.29. The maximum Gasteiger partial charge on any atom is 0.408 e. The third-order valence-electron chi connectivity index (χ3n) is 7.31. The Kier molecular flexibility index (Phi) is 9.72. The Morgan fingerprint density at radius 1 is 1.06 bits per heavy atom. The van der Waals surface area contributed by atoms with E-state index in [0.717, 1.165) is 61.6 Å². The van der Waals surface area contributed by atoms with Gasteiger partial charge in [0.15, 0.2) is 0 Å². The van der Waals surface area contributed by atoms with Crippen molar-refractivity contribution < 1.29 is 19.1 Å². The zero-order chi connectivity index (χ0) is 26.5. The molecule has 1 aromatic carbocycles. The van der Waals surface area contributed by atoms with E-state index in [1.165, 1.54) is 6.42 Å². The first-order valence-corrected chi connectivity index (χ1v) is 13.9. The quantitative estimate of drug-likeness (QED) is 0.424. The van der Waals surface area contributed by atoms with E-state index in [0.29, 0.717) is 0 Å². The minimum Gasteiger partial charge on any atom is -0.444 e. The molecule has 2 saturated carbocycles. The number of carbonyl (C=O) groups excluding carboxylic acids is 3. The highest BCUT2D eigenvalue weighted by Crippen LogP contribution is 2.36. The molecule has 0 aromatic heterocycles. The normalized spacial score (nSPS) is 18.5. The van der Waals surface area contributed by atoms with E-state index in [1.54, 1.807) is 25.7 Å². The summed E-state index contributed by atoms with van der Waals surface area (Å²) in [6.45, 7) is 9.35. The summed E-state index contributed by atoms with van der Waals surface area (Å²) >= 11 is 4.38. The van der Waals surface area contributed by atoms with E-state index >= 15 is 0 Å². The lowest BCUT2D eigenvalue weighted by molar-refractivity contribution is -0.147. The summed E-state index contributed by atoms with van der Waals surface area (Å²) in [4.78, 5) is 42.2. The van der Waals surface area contributed by atoms with Gasteiger partial charge in [0.25, 0.3) is 0 Å². The van der Waals surface area contributed by atoms with Crippen LogP contribution >= 0.6 is 12.6 Å². The molecular formula is C28H43N3O4S. The Balaban J connectivity index is 1.96. The Bertz CT molecular complexity index is 935. The zero-order valence-corrected chi connectivity index (χ0v) is 23.3. The first kappa shape index (κ1) is 28.4. The Morgan fingerprint density at radius 2 is 1.72 bits per heavy atom. The molecule has 2 N–H and O–H groups in total. The van der Waals surface area contributed by atoms with Gasteiger partial charge in [0.2, 0.25) is 11.8 Å². The molecule has 2 unspecified atom stereocenters. The molecule has 0 bridgehead atoms. The second-order valence-corrected chi connectivity index (χ2v) is 11.6. The topological polar surface area (TPSA) is 87.7 Å². The largest absolute Gasteiger partial charge is 0.444 e. The van der Waals surface area contributed by atoms with Crippen molar-refractivity contribution in [1.82, 2.24) is 15.5 Å². The van der Waals surface area contributed by atoms with Crippen molar-refractivity contribution in [2.24, 2.45) is 0 Å². The van der Waals surface area contributed by atoms with Crippen molar-refractivity contribution in [3.05, 3.63) is 34.9 Å². The zero-order valence-electron chi connectivity index (χ0n) is 22.4. The Labute approximate surface area is 221 Å². The molecule has 0 aliphatic heterocycles. The number of thiol groups is 1. The first-order valence-electron chi connectivity index (χ1n) is 13.3. The second-order valence-electron chi connectivity index (χ2n) is 11.2. The molecule has 0 spiro atoms. The maximum absolute atomic E-state index is 14.0. The number of benzene rings is 1. The van der Waals surface area contributed by atoms with Crippen LogP contribution in [0.15, 0.2) is 18.2 Å². The lowest BCUT2D eigenvalue weighted by Gasteiger charge is -2.44. The molecule has 3 rings (SSSR count). The summed E-state index contributed by atoms with van der Waals surface area (Å²) in [5.74, 6) is -0.346. The molecule has 2 aliphatic carbocycles. The second kappa shape index (κ2) is 12.3. The number of nitrogens with zero attached hydrogens (tertiary/aromatic N) is 1. The van der Waals surface area contributed by atoms with Crippen LogP contribution in [0.5, 0.6) is 0 Å². The fourth-order valence-corrected chi connectivity index (χ4v) is 5.26. The standard InChI is InChI=1S/C28H43N3O4S/c1-18-11-9-16-22(19(18)2)24(25(32)29-20-12-7-6-8-13-20)31(21-14-10-15-21)26(33)23(17-36)30-27(34)35-28(3,4)5/h9,11,16,20-21,23-24,36H,6-8,10,12-15,17H2,1-5H3,(H,29,32)(H,30,34). The van der Waals surface area contributed by atoms with Gasteiger partial charge in [-0.3, -0.25) is 9.59 Å². The molecule has 0 saturated heterocycles. The van der Waals surface area contributed by atoms with Gasteiger partial charge >= 0.3 is 6.09 Å². The highest BCUT2D eigenvalue weighted by atomic mass is 32.1. The number of rotatable bonds is 8. The average molecular weight is 518 g/mol. The monoisotopic (exact) mass is 517 g/mol. The third kappa shape index (κ3) is 7.17. The van der Waals surface area contributed by atoms with E-state index in [9.17, 15) is 14.4 Å². The van der Waals surface area contributed by atoms with Crippen molar-refractivity contribution in [1.29, 1.82) is 0 Å². The van der Waals surface area contributed by atoms with E-state index in [2.05, 4.69) is 23.3 Å². The lowest BCUT2D eigenvalue weighted by atomic mass is 9.86. The van der Waals surface area contributed by atoms with E-state index in [4.69, 9.17) is 4.74 Å². The Morgan fingerprint density at radius 3 is 2.28 bits per heavy atom. The molecule has 0 radical (unpaired) electrons. The van der Waals surface area contributed by atoms with Crippen molar-refractivity contribution in [3.8, 4) is 0 Å². The molecule has 2 atom stereocenters. The van der Waals surface area contributed by atoms with Crippen LogP contribution in [0.4, 0.5) is 4.79 Å². The highest BCUT2D eigenvalue weighted by Gasteiger charge is 2.42. The number of hydrogen-bond acceptors (Lipinski definition) is 5. The van der Waals surface area contributed by atoms with Gasteiger partial charge < -0.3 is 20.3 Å². The minimum absolute atomic E-state index is 0.0673. The van der Waals surface area contributed by atoms with Gasteiger partial charge in [-0.1, -0.05) is 37.5 Å². The first-order chi connectivity index (χ1) is 17.0. The van der Waals surface area contributed by atoms with Gasteiger partial charge in [0.1, 0.15) is 17.7 Å². The van der Waals surface area contributed by atoms with E-state index < -0.39 is 23.8 Å². The molecular weight excluding hydrogens is 474 g/mol. The lowest BCUT2D eigenvalue weighted by Crippen LogP contribution is -2.58. The number of nitrogens with one attached hydrogen (secondary N) is 2.